The maximum Gasteiger partial charge on any atom is 0.0205 e. The minimum atomic E-state index is 0.665. The first kappa shape index (κ1) is 12.9. The van der Waals surface area contributed by atoms with E-state index in [-0.39, 0.29) is 0 Å². The van der Waals surface area contributed by atoms with Crippen LogP contribution in [-0.4, -0.2) is 6.54 Å². The molecule has 4 fully saturated rings. The Bertz CT molecular complexity index is 455. The highest BCUT2D eigenvalue weighted by molar-refractivity contribution is 5.22. The summed E-state index contributed by atoms with van der Waals surface area (Å²) in [4.78, 5) is 0. The van der Waals surface area contributed by atoms with Gasteiger partial charge in [-0.1, -0.05) is 29.8 Å². The van der Waals surface area contributed by atoms with Gasteiger partial charge >= 0.3 is 0 Å². The Kier molecular flexibility index (Phi) is 3.14. The van der Waals surface area contributed by atoms with Gasteiger partial charge in [-0.05, 0) is 74.2 Å². The molecule has 1 aromatic rings. The van der Waals surface area contributed by atoms with Gasteiger partial charge in [0.05, 0.1) is 0 Å². The van der Waals surface area contributed by atoms with Crippen LogP contribution >= 0.6 is 0 Å². The van der Waals surface area contributed by atoms with Crippen LogP contribution in [0.2, 0.25) is 0 Å². The molecule has 4 bridgehead atoms. The molecule has 5 rings (SSSR count). The van der Waals surface area contributed by atoms with E-state index >= 15 is 0 Å². The second-order valence-corrected chi connectivity index (χ2v) is 8.01. The van der Waals surface area contributed by atoms with E-state index in [9.17, 15) is 0 Å². The SMILES string of the molecule is Cc1cccc(CNCC23CC4CC(CC(C4)C2)C3)c1. The highest BCUT2D eigenvalue weighted by Gasteiger charge is 2.50. The zero-order chi connectivity index (χ0) is 13.6. The van der Waals surface area contributed by atoms with Crippen molar-refractivity contribution in [1.82, 2.24) is 5.32 Å². The summed E-state index contributed by atoms with van der Waals surface area (Å²) in [6, 6.07) is 8.92. The standard InChI is InChI=1S/C19H27N/c1-14-3-2-4-15(5-14)12-20-13-19-9-16-6-17(10-19)8-18(7-16)11-19/h2-5,16-18,20H,6-13H2,1H3. The van der Waals surface area contributed by atoms with E-state index in [1.54, 1.807) is 19.3 Å². The highest BCUT2D eigenvalue weighted by atomic mass is 14.9. The van der Waals surface area contributed by atoms with Gasteiger partial charge in [0.25, 0.3) is 0 Å². The molecule has 1 N–H and O–H groups in total. The molecular weight excluding hydrogens is 242 g/mol. The molecule has 0 radical (unpaired) electrons. The molecule has 1 aromatic carbocycles. The zero-order valence-corrected chi connectivity index (χ0v) is 12.7. The van der Waals surface area contributed by atoms with Crippen molar-refractivity contribution >= 4 is 0 Å². The summed E-state index contributed by atoms with van der Waals surface area (Å²) < 4.78 is 0. The lowest BCUT2D eigenvalue weighted by Gasteiger charge is -2.57. The molecule has 1 heteroatoms. The molecule has 0 aromatic heterocycles. The van der Waals surface area contributed by atoms with E-state index in [1.165, 1.54) is 36.9 Å². The first-order chi connectivity index (χ1) is 9.71. The van der Waals surface area contributed by atoms with Crippen molar-refractivity contribution in [1.29, 1.82) is 0 Å². The van der Waals surface area contributed by atoms with Crippen LogP contribution in [0.1, 0.15) is 49.7 Å². The molecule has 0 aliphatic heterocycles. The Labute approximate surface area is 123 Å². The van der Waals surface area contributed by atoms with Crippen molar-refractivity contribution in [2.24, 2.45) is 23.2 Å². The minimum absolute atomic E-state index is 0.665. The van der Waals surface area contributed by atoms with Crippen LogP contribution < -0.4 is 5.32 Å². The van der Waals surface area contributed by atoms with Crippen molar-refractivity contribution in [2.75, 3.05) is 6.54 Å². The Morgan fingerprint density at radius 1 is 1.05 bits per heavy atom. The molecule has 0 unspecified atom stereocenters. The Balaban J connectivity index is 1.37. The van der Waals surface area contributed by atoms with E-state index in [0.717, 1.165) is 24.3 Å². The number of nitrogens with one attached hydrogen (secondary N) is 1. The fraction of sp³-hybridized carbons (Fsp3) is 0.684. The fourth-order valence-electron chi connectivity index (χ4n) is 5.80. The van der Waals surface area contributed by atoms with Gasteiger partial charge in [-0.3, -0.25) is 0 Å². The smallest absolute Gasteiger partial charge is 0.0205 e. The summed E-state index contributed by atoms with van der Waals surface area (Å²) in [6.45, 7) is 4.48. The lowest BCUT2D eigenvalue weighted by Crippen LogP contribution is -2.50. The summed E-state index contributed by atoms with van der Waals surface area (Å²) in [7, 11) is 0. The quantitative estimate of drug-likeness (QED) is 0.859. The predicted molar refractivity (Wildman–Crippen MR) is 83.5 cm³/mol. The molecule has 0 heterocycles. The average molecular weight is 269 g/mol. The predicted octanol–water partition coefficient (Wildman–Crippen LogP) is 4.30. The van der Waals surface area contributed by atoms with Crippen LogP contribution in [-0.2, 0) is 6.54 Å². The van der Waals surface area contributed by atoms with E-state index in [4.69, 9.17) is 0 Å². The average Bonchev–Trinajstić information content (AvgIpc) is 2.36. The van der Waals surface area contributed by atoms with Gasteiger partial charge in [-0.2, -0.15) is 0 Å². The molecule has 0 saturated heterocycles. The lowest BCUT2D eigenvalue weighted by atomic mass is 9.49. The largest absolute Gasteiger partial charge is 0.312 e. The van der Waals surface area contributed by atoms with Crippen molar-refractivity contribution in [3.8, 4) is 0 Å². The van der Waals surface area contributed by atoms with Crippen LogP contribution in [0, 0.1) is 30.1 Å². The number of hydrogen-bond donors (Lipinski definition) is 1. The lowest BCUT2D eigenvalue weighted by molar-refractivity contribution is -0.0514. The normalized spacial score (nSPS) is 38.4. The van der Waals surface area contributed by atoms with Gasteiger partial charge in [-0.25, -0.2) is 0 Å². The van der Waals surface area contributed by atoms with E-state index in [1.807, 2.05) is 0 Å². The zero-order valence-electron chi connectivity index (χ0n) is 12.7. The summed E-state index contributed by atoms with van der Waals surface area (Å²) in [6.07, 6.45) is 9.20. The third kappa shape index (κ3) is 2.41. The number of rotatable bonds is 4. The molecule has 0 amide bonds. The summed E-state index contributed by atoms with van der Waals surface area (Å²) >= 11 is 0. The highest BCUT2D eigenvalue weighted by Crippen LogP contribution is 2.59. The van der Waals surface area contributed by atoms with Crippen molar-refractivity contribution in [3.63, 3.8) is 0 Å². The van der Waals surface area contributed by atoms with Gasteiger partial charge in [0.1, 0.15) is 0 Å². The molecule has 4 saturated carbocycles. The second kappa shape index (κ2) is 4.87. The Morgan fingerprint density at radius 2 is 1.70 bits per heavy atom. The Morgan fingerprint density at radius 3 is 2.30 bits per heavy atom. The van der Waals surface area contributed by atoms with E-state index < -0.39 is 0 Å². The van der Waals surface area contributed by atoms with E-state index in [2.05, 4.69) is 36.5 Å². The van der Waals surface area contributed by atoms with Crippen LogP contribution in [0.25, 0.3) is 0 Å². The number of aryl methyl sites for hydroxylation is 1. The van der Waals surface area contributed by atoms with Crippen LogP contribution in [0.15, 0.2) is 24.3 Å². The van der Waals surface area contributed by atoms with Crippen molar-refractivity contribution < 1.29 is 0 Å². The van der Waals surface area contributed by atoms with Gasteiger partial charge in [0.2, 0.25) is 0 Å². The summed E-state index contributed by atoms with van der Waals surface area (Å²) in [5.41, 5.74) is 3.48. The van der Waals surface area contributed by atoms with Gasteiger partial charge in [0, 0.05) is 13.1 Å². The third-order valence-corrected chi connectivity index (χ3v) is 6.08. The molecule has 108 valence electrons. The number of benzene rings is 1. The maximum absolute atomic E-state index is 3.79. The Hall–Kier alpha value is -0.820. The molecule has 0 spiro atoms. The first-order valence-electron chi connectivity index (χ1n) is 8.47. The molecule has 1 nitrogen and oxygen atoms in total. The van der Waals surface area contributed by atoms with Gasteiger partial charge < -0.3 is 5.32 Å². The maximum atomic E-state index is 3.79. The minimum Gasteiger partial charge on any atom is -0.312 e. The second-order valence-electron chi connectivity index (χ2n) is 8.01. The third-order valence-electron chi connectivity index (χ3n) is 6.08. The summed E-state index contributed by atoms with van der Waals surface area (Å²) in [5.74, 6) is 3.21. The van der Waals surface area contributed by atoms with Crippen LogP contribution in [0.4, 0.5) is 0 Å². The van der Waals surface area contributed by atoms with Crippen molar-refractivity contribution in [3.05, 3.63) is 35.4 Å². The monoisotopic (exact) mass is 269 g/mol. The molecule has 20 heavy (non-hydrogen) atoms. The van der Waals surface area contributed by atoms with Crippen LogP contribution in [0.5, 0.6) is 0 Å². The van der Waals surface area contributed by atoms with Gasteiger partial charge in [-0.15, -0.1) is 0 Å². The molecule has 4 aliphatic carbocycles. The summed E-state index contributed by atoms with van der Waals surface area (Å²) in [5, 5.41) is 3.79. The number of hydrogen-bond acceptors (Lipinski definition) is 1. The fourth-order valence-corrected chi connectivity index (χ4v) is 5.80. The molecule has 4 aliphatic rings. The molecule has 0 atom stereocenters. The first-order valence-corrected chi connectivity index (χ1v) is 8.47. The molecular formula is C19H27N. The van der Waals surface area contributed by atoms with Gasteiger partial charge in [0.15, 0.2) is 0 Å². The van der Waals surface area contributed by atoms with Crippen LogP contribution in [0.3, 0.4) is 0 Å². The van der Waals surface area contributed by atoms with E-state index in [0.29, 0.717) is 5.41 Å². The topological polar surface area (TPSA) is 12.0 Å². The van der Waals surface area contributed by atoms with Crippen molar-refractivity contribution in [2.45, 2.75) is 52.0 Å².